The van der Waals surface area contributed by atoms with E-state index in [0.717, 1.165) is 55.5 Å². The number of anilines is 1. The minimum Gasteiger partial charge on any atom is -0.311 e. The van der Waals surface area contributed by atoms with Crippen LogP contribution < -0.4 is 4.90 Å². The summed E-state index contributed by atoms with van der Waals surface area (Å²) in [5.41, 5.74) is 1.86. The van der Waals surface area contributed by atoms with Gasteiger partial charge >= 0.3 is 0 Å². The van der Waals surface area contributed by atoms with Crippen LogP contribution >= 0.6 is 11.8 Å². The minimum absolute atomic E-state index is 0.0736. The van der Waals surface area contributed by atoms with Crippen molar-refractivity contribution >= 4 is 33.4 Å². The lowest BCUT2D eigenvalue weighted by Crippen LogP contribution is -2.40. The number of aryl methyl sites for hydroxylation is 1. The number of amides is 1. The van der Waals surface area contributed by atoms with E-state index >= 15 is 0 Å². The molecule has 0 bridgehead atoms. The minimum atomic E-state index is -3.42. The van der Waals surface area contributed by atoms with Crippen LogP contribution in [-0.4, -0.2) is 49.3 Å². The molecule has 5 nitrogen and oxygen atoms in total. The van der Waals surface area contributed by atoms with Crippen molar-refractivity contribution in [2.75, 3.05) is 30.3 Å². The molecule has 7 heteroatoms. The van der Waals surface area contributed by atoms with Crippen molar-refractivity contribution < 1.29 is 13.2 Å². The number of sulfonamides is 1. The number of fused-ring (bicyclic) bond motifs is 1. The number of thioether (sulfide) groups is 1. The number of carbonyl (C=O) groups is 1. The van der Waals surface area contributed by atoms with Gasteiger partial charge in [-0.05, 0) is 68.5 Å². The molecule has 1 amide bonds. The third-order valence-electron chi connectivity index (χ3n) is 5.35. The maximum absolute atomic E-state index is 12.9. The van der Waals surface area contributed by atoms with Gasteiger partial charge in [-0.15, -0.1) is 11.8 Å². The summed E-state index contributed by atoms with van der Waals surface area (Å²) in [6.45, 7) is 6.06. The Bertz CT molecular complexity index is 773. The zero-order chi connectivity index (χ0) is 19.4. The van der Waals surface area contributed by atoms with Crippen LogP contribution in [-0.2, 0) is 21.2 Å². The van der Waals surface area contributed by atoms with Crippen molar-refractivity contribution in [2.24, 2.45) is 0 Å². The standard InChI is InChI=1S/C20H30N2O3S2/c1-3-4-14-26-16(2)20(23)22-13-7-8-17-15-18(9-10-19(17)22)27(24,25)21-11-5-6-12-21/h9-10,15-16H,3-8,11-14H2,1-2H3. The maximum atomic E-state index is 12.9. The van der Waals surface area contributed by atoms with E-state index in [1.165, 1.54) is 0 Å². The van der Waals surface area contributed by atoms with Gasteiger partial charge in [0.2, 0.25) is 15.9 Å². The summed E-state index contributed by atoms with van der Waals surface area (Å²) in [4.78, 5) is 15.1. The van der Waals surface area contributed by atoms with E-state index in [-0.39, 0.29) is 11.2 Å². The fourth-order valence-electron chi connectivity index (χ4n) is 3.74. The molecular formula is C20H30N2O3S2. The summed E-state index contributed by atoms with van der Waals surface area (Å²) < 4.78 is 27.2. The number of hydrogen-bond acceptors (Lipinski definition) is 4. The molecule has 2 heterocycles. The molecule has 0 aromatic heterocycles. The summed E-state index contributed by atoms with van der Waals surface area (Å²) in [5, 5.41) is -0.0736. The monoisotopic (exact) mass is 410 g/mol. The fourth-order valence-corrected chi connectivity index (χ4v) is 6.38. The van der Waals surface area contributed by atoms with Crippen LogP contribution in [0.2, 0.25) is 0 Å². The van der Waals surface area contributed by atoms with Crippen LogP contribution in [0.1, 0.15) is 51.5 Å². The van der Waals surface area contributed by atoms with E-state index in [4.69, 9.17) is 0 Å². The summed E-state index contributed by atoms with van der Waals surface area (Å²) in [7, 11) is -3.42. The number of hydrogen-bond donors (Lipinski definition) is 0. The lowest BCUT2D eigenvalue weighted by Gasteiger charge is -2.32. The highest BCUT2D eigenvalue weighted by Gasteiger charge is 2.30. The van der Waals surface area contributed by atoms with E-state index in [0.29, 0.717) is 24.5 Å². The SMILES string of the molecule is CCCCSC(C)C(=O)N1CCCc2cc(S(=O)(=O)N3CCCC3)ccc21. The second kappa shape index (κ2) is 8.97. The maximum Gasteiger partial charge on any atom is 0.243 e. The molecule has 1 saturated heterocycles. The number of benzene rings is 1. The van der Waals surface area contributed by atoms with Gasteiger partial charge in [0.05, 0.1) is 10.1 Å². The first-order valence-corrected chi connectivity index (χ1v) is 12.5. The highest BCUT2D eigenvalue weighted by molar-refractivity contribution is 8.00. The van der Waals surface area contributed by atoms with Crippen LogP contribution in [0, 0.1) is 0 Å². The Balaban J connectivity index is 1.79. The molecule has 1 fully saturated rings. The van der Waals surface area contributed by atoms with E-state index in [9.17, 15) is 13.2 Å². The molecule has 3 rings (SSSR count). The van der Waals surface area contributed by atoms with Gasteiger partial charge in [0.15, 0.2) is 0 Å². The summed E-state index contributed by atoms with van der Waals surface area (Å²) >= 11 is 1.71. The molecule has 1 aromatic carbocycles. The van der Waals surface area contributed by atoms with Gasteiger partial charge in [-0.2, -0.15) is 4.31 Å². The van der Waals surface area contributed by atoms with Gasteiger partial charge in [0.1, 0.15) is 0 Å². The van der Waals surface area contributed by atoms with Gasteiger partial charge in [0, 0.05) is 25.3 Å². The summed E-state index contributed by atoms with van der Waals surface area (Å²) in [6, 6.07) is 5.29. The molecule has 0 radical (unpaired) electrons. The van der Waals surface area contributed by atoms with Crippen LogP contribution in [0.25, 0.3) is 0 Å². The first-order valence-electron chi connectivity index (χ1n) is 10.0. The normalized spacial score (nSPS) is 19.1. The van der Waals surface area contributed by atoms with Gasteiger partial charge in [0.25, 0.3) is 0 Å². The highest BCUT2D eigenvalue weighted by Crippen LogP contribution is 2.32. The van der Waals surface area contributed by atoms with Crippen LogP contribution in [0.15, 0.2) is 23.1 Å². The molecule has 0 aliphatic carbocycles. The molecular weight excluding hydrogens is 380 g/mol. The Morgan fingerprint density at radius 1 is 1.19 bits per heavy atom. The van der Waals surface area contributed by atoms with Gasteiger partial charge in [-0.25, -0.2) is 8.42 Å². The second-order valence-electron chi connectivity index (χ2n) is 7.36. The van der Waals surface area contributed by atoms with Crippen LogP contribution in [0.3, 0.4) is 0 Å². The number of unbranched alkanes of at least 4 members (excludes halogenated alkanes) is 1. The van der Waals surface area contributed by atoms with Gasteiger partial charge in [-0.3, -0.25) is 4.79 Å². The van der Waals surface area contributed by atoms with Crippen molar-refractivity contribution in [1.29, 1.82) is 0 Å². The highest BCUT2D eigenvalue weighted by atomic mass is 32.2. The van der Waals surface area contributed by atoms with E-state index in [1.54, 1.807) is 28.2 Å². The van der Waals surface area contributed by atoms with Crippen molar-refractivity contribution in [2.45, 2.75) is 62.5 Å². The molecule has 2 aliphatic rings. The first kappa shape index (κ1) is 20.7. The molecule has 2 aliphatic heterocycles. The lowest BCUT2D eigenvalue weighted by atomic mass is 10.0. The predicted octanol–water partition coefficient (Wildman–Crippen LogP) is 3.67. The Hall–Kier alpha value is -1.05. The molecule has 1 aromatic rings. The van der Waals surface area contributed by atoms with Crippen molar-refractivity contribution in [3.05, 3.63) is 23.8 Å². The molecule has 0 spiro atoms. The van der Waals surface area contributed by atoms with E-state index in [1.807, 2.05) is 17.9 Å². The molecule has 27 heavy (non-hydrogen) atoms. The topological polar surface area (TPSA) is 57.7 Å². The van der Waals surface area contributed by atoms with Gasteiger partial charge < -0.3 is 4.90 Å². The predicted molar refractivity (Wildman–Crippen MR) is 112 cm³/mol. The summed E-state index contributed by atoms with van der Waals surface area (Å²) in [6.07, 6.45) is 5.81. The molecule has 0 saturated carbocycles. The van der Waals surface area contributed by atoms with Crippen LogP contribution in [0.4, 0.5) is 5.69 Å². The van der Waals surface area contributed by atoms with E-state index < -0.39 is 10.0 Å². The lowest BCUT2D eigenvalue weighted by molar-refractivity contribution is -0.117. The Morgan fingerprint density at radius 3 is 2.63 bits per heavy atom. The molecule has 0 N–H and O–H groups in total. The van der Waals surface area contributed by atoms with E-state index in [2.05, 4.69) is 6.92 Å². The second-order valence-corrected chi connectivity index (χ2v) is 10.7. The third-order valence-corrected chi connectivity index (χ3v) is 8.47. The number of carbonyl (C=O) groups excluding carboxylic acids is 1. The number of rotatable bonds is 7. The van der Waals surface area contributed by atoms with Crippen molar-refractivity contribution in [3.8, 4) is 0 Å². The first-order chi connectivity index (χ1) is 12.9. The van der Waals surface area contributed by atoms with Gasteiger partial charge in [-0.1, -0.05) is 13.3 Å². The van der Waals surface area contributed by atoms with Crippen molar-refractivity contribution in [3.63, 3.8) is 0 Å². The van der Waals surface area contributed by atoms with Crippen LogP contribution in [0.5, 0.6) is 0 Å². The molecule has 1 unspecified atom stereocenters. The van der Waals surface area contributed by atoms with Crippen molar-refractivity contribution in [1.82, 2.24) is 4.31 Å². The Labute approximate surface area is 167 Å². The Morgan fingerprint density at radius 2 is 1.93 bits per heavy atom. The zero-order valence-electron chi connectivity index (χ0n) is 16.3. The Kier molecular flexibility index (Phi) is 6.87. The fraction of sp³-hybridized carbons (Fsp3) is 0.650. The smallest absolute Gasteiger partial charge is 0.243 e. The summed E-state index contributed by atoms with van der Waals surface area (Å²) in [5.74, 6) is 1.13. The molecule has 150 valence electrons. The number of nitrogens with zero attached hydrogens (tertiary/aromatic N) is 2. The molecule has 1 atom stereocenters. The largest absolute Gasteiger partial charge is 0.311 e. The average molecular weight is 411 g/mol. The average Bonchev–Trinajstić information content (AvgIpc) is 3.22. The third kappa shape index (κ3) is 4.51. The zero-order valence-corrected chi connectivity index (χ0v) is 17.9. The quantitative estimate of drug-likeness (QED) is 0.644.